The molecule has 2 aliphatic heterocycles. The molecule has 2 rings (SSSR count). The van der Waals surface area contributed by atoms with Gasteiger partial charge in [-0.3, -0.25) is 4.79 Å². The Morgan fingerprint density at radius 3 is 2.94 bits per heavy atom. The fourth-order valence-electron chi connectivity index (χ4n) is 1.85. The van der Waals surface area contributed by atoms with Crippen LogP contribution in [-0.2, 0) is 9.53 Å². The van der Waals surface area contributed by atoms with Gasteiger partial charge in [-0.25, -0.2) is 4.99 Å². The van der Waals surface area contributed by atoms with Crippen molar-refractivity contribution >= 4 is 22.8 Å². The van der Waals surface area contributed by atoms with E-state index in [-0.39, 0.29) is 11.4 Å². The molecular formula is C10H17N3O2S. The van der Waals surface area contributed by atoms with Gasteiger partial charge < -0.3 is 15.8 Å². The lowest BCUT2D eigenvalue weighted by atomic mass is 9.93. The Balaban J connectivity index is 1.99. The first-order valence-corrected chi connectivity index (χ1v) is 6.46. The molecule has 6 heteroatoms. The van der Waals surface area contributed by atoms with Crippen molar-refractivity contribution in [3.63, 3.8) is 0 Å². The SMILES string of the molecule is CC(N=C1NC2(CCOCC2)CS1)C(N)=O. The maximum absolute atomic E-state index is 10.9. The lowest BCUT2D eigenvalue weighted by Crippen LogP contribution is -2.48. The van der Waals surface area contributed by atoms with E-state index in [1.165, 1.54) is 0 Å². The van der Waals surface area contributed by atoms with Crippen molar-refractivity contribution in [1.29, 1.82) is 0 Å². The topological polar surface area (TPSA) is 76.7 Å². The van der Waals surface area contributed by atoms with E-state index >= 15 is 0 Å². The van der Waals surface area contributed by atoms with Gasteiger partial charge in [-0.05, 0) is 19.8 Å². The Bertz CT molecular complexity index is 313. The number of nitrogens with zero attached hydrogens (tertiary/aromatic N) is 1. The average Bonchev–Trinajstić information content (AvgIpc) is 2.62. The Hall–Kier alpha value is -0.750. The molecule has 1 spiro atoms. The van der Waals surface area contributed by atoms with Crippen molar-refractivity contribution in [3.05, 3.63) is 0 Å². The molecule has 0 aliphatic carbocycles. The lowest BCUT2D eigenvalue weighted by Gasteiger charge is -2.32. The number of thioether (sulfide) groups is 1. The minimum absolute atomic E-state index is 0.124. The summed E-state index contributed by atoms with van der Waals surface area (Å²) >= 11 is 1.67. The van der Waals surface area contributed by atoms with Crippen molar-refractivity contribution < 1.29 is 9.53 Å². The van der Waals surface area contributed by atoms with Crippen LogP contribution in [0.4, 0.5) is 0 Å². The number of nitrogens with one attached hydrogen (secondary N) is 1. The van der Waals surface area contributed by atoms with Crippen molar-refractivity contribution in [2.45, 2.75) is 31.3 Å². The van der Waals surface area contributed by atoms with Crippen LogP contribution in [0.1, 0.15) is 19.8 Å². The smallest absolute Gasteiger partial charge is 0.242 e. The minimum Gasteiger partial charge on any atom is -0.381 e. The quantitative estimate of drug-likeness (QED) is 0.721. The van der Waals surface area contributed by atoms with Crippen molar-refractivity contribution in [3.8, 4) is 0 Å². The standard InChI is InChI=1S/C10H17N3O2S/c1-7(8(11)14)12-9-13-10(6-16-9)2-4-15-5-3-10/h7H,2-6H2,1H3,(H2,11,14)(H,12,13). The number of aliphatic imine (C=N–C) groups is 1. The monoisotopic (exact) mass is 243 g/mol. The fraction of sp³-hybridized carbons (Fsp3) is 0.800. The number of hydrogen-bond donors (Lipinski definition) is 2. The molecule has 90 valence electrons. The van der Waals surface area contributed by atoms with E-state index < -0.39 is 6.04 Å². The first-order valence-electron chi connectivity index (χ1n) is 5.47. The zero-order valence-electron chi connectivity index (χ0n) is 9.36. The van der Waals surface area contributed by atoms with E-state index in [9.17, 15) is 4.79 Å². The molecule has 1 unspecified atom stereocenters. The summed E-state index contributed by atoms with van der Waals surface area (Å²) in [5.41, 5.74) is 5.31. The molecule has 2 fully saturated rings. The maximum atomic E-state index is 10.9. The number of ether oxygens (including phenoxy) is 1. The van der Waals surface area contributed by atoms with Crippen LogP contribution in [0.2, 0.25) is 0 Å². The van der Waals surface area contributed by atoms with Gasteiger partial charge in [0.25, 0.3) is 0 Å². The number of rotatable bonds is 2. The lowest BCUT2D eigenvalue weighted by molar-refractivity contribution is -0.118. The van der Waals surface area contributed by atoms with Gasteiger partial charge in [0.1, 0.15) is 6.04 Å². The molecule has 1 atom stereocenters. The molecule has 1 amide bonds. The summed E-state index contributed by atoms with van der Waals surface area (Å²) in [4.78, 5) is 15.2. The highest BCUT2D eigenvalue weighted by Gasteiger charge is 2.38. The van der Waals surface area contributed by atoms with Crippen LogP contribution in [0, 0.1) is 0 Å². The Morgan fingerprint density at radius 2 is 2.31 bits per heavy atom. The molecule has 5 nitrogen and oxygen atoms in total. The summed E-state index contributed by atoms with van der Waals surface area (Å²) in [7, 11) is 0. The third kappa shape index (κ3) is 2.49. The molecular weight excluding hydrogens is 226 g/mol. The van der Waals surface area contributed by atoms with Crippen LogP contribution < -0.4 is 11.1 Å². The summed E-state index contributed by atoms with van der Waals surface area (Å²) in [5, 5.41) is 4.26. The van der Waals surface area contributed by atoms with Gasteiger partial charge in [0.15, 0.2) is 5.17 Å². The van der Waals surface area contributed by atoms with Gasteiger partial charge in [-0.2, -0.15) is 0 Å². The molecule has 0 aromatic rings. The summed E-state index contributed by atoms with van der Waals surface area (Å²) in [6.45, 7) is 3.31. The van der Waals surface area contributed by atoms with Crippen LogP contribution >= 0.6 is 11.8 Å². The second kappa shape index (κ2) is 4.63. The predicted octanol–water partition coefficient (Wildman–Crippen LogP) is 0.102. The third-order valence-electron chi connectivity index (χ3n) is 3.03. The van der Waals surface area contributed by atoms with Gasteiger partial charge in [0.05, 0.1) is 5.54 Å². The first kappa shape index (κ1) is 11.7. The molecule has 0 saturated carbocycles. The molecule has 3 N–H and O–H groups in total. The van der Waals surface area contributed by atoms with E-state index in [1.54, 1.807) is 18.7 Å². The molecule has 0 aromatic carbocycles. The number of nitrogens with two attached hydrogens (primary N) is 1. The van der Waals surface area contributed by atoms with Gasteiger partial charge in [0.2, 0.25) is 5.91 Å². The molecule has 2 heterocycles. The van der Waals surface area contributed by atoms with Crippen LogP contribution in [0.15, 0.2) is 4.99 Å². The zero-order chi connectivity index (χ0) is 11.6. The van der Waals surface area contributed by atoms with Gasteiger partial charge in [-0.1, -0.05) is 11.8 Å². The second-order valence-corrected chi connectivity index (χ2v) is 5.28. The maximum Gasteiger partial charge on any atom is 0.242 e. The molecule has 16 heavy (non-hydrogen) atoms. The molecule has 0 aromatic heterocycles. The number of amides is 1. The van der Waals surface area contributed by atoms with E-state index in [0.717, 1.165) is 37.0 Å². The minimum atomic E-state index is -0.454. The van der Waals surface area contributed by atoms with E-state index in [0.29, 0.717) is 0 Å². The molecule has 2 saturated heterocycles. The fourth-order valence-corrected chi connectivity index (χ4v) is 3.14. The van der Waals surface area contributed by atoms with Gasteiger partial charge in [-0.15, -0.1) is 0 Å². The highest BCUT2D eigenvalue weighted by molar-refractivity contribution is 8.14. The van der Waals surface area contributed by atoms with Crippen LogP contribution in [0.25, 0.3) is 0 Å². The van der Waals surface area contributed by atoms with Crippen molar-refractivity contribution in [2.24, 2.45) is 10.7 Å². The largest absolute Gasteiger partial charge is 0.381 e. The van der Waals surface area contributed by atoms with E-state index in [1.807, 2.05) is 0 Å². The Kier molecular flexibility index (Phi) is 3.39. The van der Waals surface area contributed by atoms with Gasteiger partial charge in [0, 0.05) is 19.0 Å². The summed E-state index contributed by atoms with van der Waals surface area (Å²) in [5.74, 6) is 0.614. The number of hydrogen-bond acceptors (Lipinski definition) is 4. The van der Waals surface area contributed by atoms with E-state index in [4.69, 9.17) is 10.5 Å². The zero-order valence-corrected chi connectivity index (χ0v) is 10.2. The summed E-state index contributed by atoms with van der Waals surface area (Å²) in [6, 6.07) is -0.454. The highest BCUT2D eigenvalue weighted by Crippen LogP contribution is 2.31. The second-order valence-electron chi connectivity index (χ2n) is 4.32. The van der Waals surface area contributed by atoms with Crippen LogP contribution in [-0.4, -0.2) is 41.6 Å². The van der Waals surface area contributed by atoms with Crippen LogP contribution in [0.3, 0.4) is 0 Å². The molecule has 2 aliphatic rings. The van der Waals surface area contributed by atoms with E-state index in [2.05, 4.69) is 10.3 Å². The van der Waals surface area contributed by atoms with Crippen LogP contribution in [0.5, 0.6) is 0 Å². The number of amidine groups is 1. The average molecular weight is 243 g/mol. The summed E-state index contributed by atoms with van der Waals surface area (Å²) < 4.78 is 5.35. The van der Waals surface area contributed by atoms with Crippen molar-refractivity contribution in [2.75, 3.05) is 19.0 Å². The first-order chi connectivity index (χ1) is 7.61. The Labute approximate surface area is 99.2 Å². The molecule has 0 bridgehead atoms. The number of carbonyl (C=O) groups is 1. The third-order valence-corrected chi connectivity index (χ3v) is 4.21. The molecule has 0 radical (unpaired) electrons. The highest BCUT2D eigenvalue weighted by atomic mass is 32.2. The normalized spacial score (nSPS) is 27.9. The Morgan fingerprint density at radius 1 is 1.62 bits per heavy atom. The number of carbonyl (C=O) groups excluding carboxylic acids is 1. The number of primary amides is 1. The van der Waals surface area contributed by atoms with Crippen molar-refractivity contribution in [1.82, 2.24) is 5.32 Å². The summed E-state index contributed by atoms with van der Waals surface area (Å²) in [6.07, 6.45) is 2.01. The van der Waals surface area contributed by atoms with Gasteiger partial charge >= 0.3 is 0 Å². The predicted molar refractivity (Wildman–Crippen MR) is 64.5 cm³/mol.